The summed E-state index contributed by atoms with van der Waals surface area (Å²) in [4.78, 5) is 26.1. The van der Waals surface area contributed by atoms with Gasteiger partial charge in [-0.25, -0.2) is 19.9 Å². The molecule has 0 aliphatic carbocycles. The third-order valence-corrected chi connectivity index (χ3v) is 1.48. The van der Waals surface area contributed by atoms with E-state index in [-0.39, 0.29) is 5.69 Å². The summed E-state index contributed by atoms with van der Waals surface area (Å²) >= 11 is 0. The van der Waals surface area contributed by atoms with Crippen molar-refractivity contribution in [1.82, 2.24) is 19.9 Å². The molecule has 0 aliphatic rings. The monoisotopic (exact) mass is 175 g/mol. The van der Waals surface area contributed by atoms with Crippen LogP contribution in [-0.4, -0.2) is 25.8 Å². The van der Waals surface area contributed by atoms with Gasteiger partial charge in [0.15, 0.2) is 5.65 Å². The minimum atomic E-state index is -0.613. The lowest BCUT2D eigenvalue weighted by Crippen LogP contribution is -2.13. The van der Waals surface area contributed by atoms with Gasteiger partial charge >= 0.3 is 0 Å². The molecule has 64 valence electrons. The minimum Gasteiger partial charge on any atom is -0.364 e. The smallest absolute Gasteiger partial charge is 0.268 e. The lowest BCUT2D eigenvalue weighted by molar-refractivity contribution is 0.0995. The van der Waals surface area contributed by atoms with Gasteiger partial charge < -0.3 is 5.73 Å². The van der Waals surface area contributed by atoms with Crippen molar-refractivity contribution in [2.24, 2.45) is 5.73 Å². The van der Waals surface area contributed by atoms with Crippen molar-refractivity contribution in [3.8, 4) is 0 Å². The summed E-state index contributed by atoms with van der Waals surface area (Å²) < 4.78 is 0. The van der Waals surface area contributed by atoms with Gasteiger partial charge in [-0.15, -0.1) is 0 Å². The van der Waals surface area contributed by atoms with Crippen LogP contribution in [0.15, 0.2) is 18.7 Å². The molecule has 0 bridgehead atoms. The van der Waals surface area contributed by atoms with Gasteiger partial charge in [-0.1, -0.05) is 0 Å². The maximum atomic E-state index is 10.7. The Kier molecular flexibility index (Phi) is 1.59. The number of amides is 1. The number of rotatable bonds is 1. The second-order valence-corrected chi connectivity index (χ2v) is 2.35. The fraction of sp³-hybridized carbons (Fsp3) is 0. The van der Waals surface area contributed by atoms with E-state index in [1.54, 1.807) is 0 Å². The lowest BCUT2D eigenvalue weighted by atomic mass is 10.4. The zero-order valence-corrected chi connectivity index (χ0v) is 6.51. The Morgan fingerprint density at radius 1 is 1.31 bits per heavy atom. The van der Waals surface area contributed by atoms with Crippen LogP contribution in [0.1, 0.15) is 10.5 Å². The summed E-state index contributed by atoms with van der Waals surface area (Å²) in [5.74, 6) is -0.613. The third kappa shape index (κ3) is 1.28. The van der Waals surface area contributed by atoms with Gasteiger partial charge in [-0.2, -0.15) is 0 Å². The number of fused-ring (bicyclic) bond motifs is 1. The number of nitrogens with two attached hydrogens (primary N) is 1. The van der Waals surface area contributed by atoms with Crippen LogP contribution in [-0.2, 0) is 0 Å². The van der Waals surface area contributed by atoms with Crippen molar-refractivity contribution in [3.05, 3.63) is 24.4 Å². The van der Waals surface area contributed by atoms with E-state index in [1.165, 1.54) is 18.7 Å². The third-order valence-electron chi connectivity index (χ3n) is 1.48. The Morgan fingerprint density at radius 2 is 2.15 bits per heavy atom. The second-order valence-electron chi connectivity index (χ2n) is 2.35. The molecule has 0 aliphatic heterocycles. The highest BCUT2D eigenvalue weighted by atomic mass is 16.1. The Bertz CT molecular complexity index is 469. The number of carbonyl (C=O) groups is 1. The molecule has 2 heterocycles. The van der Waals surface area contributed by atoms with Crippen molar-refractivity contribution >= 4 is 17.1 Å². The molecule has 13 heavy (non-hydrogen) atoms. The van der Waals surface area contributed by atoms with Gasteiger partial charge in [-0.3, -0.25) is 4.79 Å². The average molecular weight is 175 g/mol. The fourth-order valence-electron chi connectivity index (χ4n) is 0.894. The van der Waals surface area contributed by atoms with Crippen molar-refractivity contribution < 1.29 is 4.79 Å². The molecular formula is C7H5N5O. The molecule has 6 heteroatoms. The summed E-state index contributed by atoms with van der Waals surface area (Å²) in [6.07, 6.45) is 4.13. The number of nitrogens with zero attached hydrogens (tertiary/aromatic N) is 4. The SMILES string of the molecule is NC(=O)c1cnc2ncncc2n1. The normalized spacial score (nSPS) is 10.2. The summed E-state index contributed by atoms with van der Waals surface area (Å²) in [7, 11) is 0. The first kappa shape index (κ1) is 7.53. The zero-order chi connectivity index (χ0) is 9.26. The van der Waals surface area contributed by atoms with Gasteiger partial charge in [0, 0.05) is 0 Å². The van der Waals surface area contributed by atoms with Crippen molar-refractivity contribution in [3.63, 3.8) is 0 Å². The quantitative estimate of drug-likeness (QED) is 0.631. The number of hydrogen-bond acceptors (Lipinski definition) is 5. The fourth-order valence-corrected chi connectivity index (χ4v) is 0.894. The van der Waals surface area contributed by atoms with E-state index >= 15 is 0 Å². The van der Waals surface area contributed by atoms with E-state index in [2.05, 4.69) is 19.9 Å². The molecule has 0 fully saturated rings. The molecule has 0 aromatic carbocycles. The van der Waals surface area contributed by atoms with Crippen LogP contribution in [0.4, 0.5) is 0 Å². The van der Waals surface area contributed by atoms with Crippen molar-refractivity contribution in [2.45, 2.75) is 0 Å². The van der Waals surface area contributed by atoms with E-state index < -0.39 is 5.91 Å². The highest BCUT2D eigenvalue weighted by Crippen LogP contribution is 2.02. The van der Waals surface area contributed by atoms with Crippen LogP contribution in [0, 0.1) is 0 Å². The number of primary amides is 1. The standard InChI is InChI=1S/C7H5N5O/c8-6(13)4-2-10-7-5(12-4)1-9-3-11-7/h1-3H,(H2,8,13). The largest absolute Gasteiger partial charge is 0.364 e. The van der Waals surface area contributed by atoms with Crippen LogP contribution < -0.4 is 5.73 Å². The molecule has 2 rings (SSSR count). The summed E-state index contributed by atoms with van der Waals surface area (Å²) in [5, 5.41) is 0. The number of hydrogen-bond donors (Lipinski definition) is 1. The second kappa shape index (κ2) is 2.74. The first-order valence-electron chi connectivity index (χ1n) is 3.50. The minimum absolute atomic E-state index is 0.113. The summed E-state index contributed by atoms with van der Waals surface area (Å²) in [6, 6.07) is 0. The van der Waals surface area contributed by atoms with Gasteiger partial charge in [0.25, 0.3) is 5.91 Å². The number of aromatic nitrogens is 4. The number of carbonyl (C=O) groups excluding carboxylic acids is 1. The molecule has 2 aromatic heterocycles. The van der Waals surface area contributed by atoms with Crippen LogP contribution in [0.5, 0.6) is 0 Å². The molecule has 0 atom stereocenters. The molecular weight excluding hydrogens is 170 g/mol. The predicted molar refractivity (Wildman–Crippen MR) is 43.6 cm³/mol. The molecule has 0 radical (unpaired) electrons. The molecule has 0 saturated heterocycles. The van der Waals surface area contributed by atoms with Crippen molar-refractivity contribution in [2.75, 3.05) is 0 Å². The molecule has 1 amide bonds. The van der Waals surface area contributed by atoms with Gasteiger partial charge in [0.1, 0.15) is 17.5 Å². The van der Waals surface area contributed by atoms with Gasteiger partial charge in [-0.05, 0) is 0 Å². The zero-order valence-electron chi connectivity index (χ0n) is 6.51. The Labute approximate surface area is 72.9 Å². The Balaban J connectivity index is 2.69. The topological polar surface area (TPSA) is 94.7 Å². The Hall–Kier alpha value is -2.11. The average Bonchev–Trinajstić information content (AvgIpc) is 2.17. The van der Waals surface area contributed by atoms with Gasteiger partial charge in [0.2, 0.25) is 0 Å². The molecule has 6 nitrogen and oxygen atoms in total. The van der Waals surface area contributed by atoms with E-state index in [0.717, 1.165) is 0 Å². The Morgan fingerprint density at radius 3 is 2.92 bits per heavy atom. The van der Waals surface area contributed by atoms with E-state index in [9.17, 15) is 4.79 Å². The molecule has 0 spiro atoms. The van der Waals surface area contributed by atoms with E-state index in [1.807, 2.05) is 0 Å². The first-order valence-corrected chi connectivity index (χ1v) is 3.50. The van der Waals surface area contributed by atoms with Gasteiger partial charge in [0.05, 0.1) is 12.4 Å². The summed E-state index contributed by atoms with van der Waals surface area (Å²) in [6.45, 7) is 0. The maximum absolute atomic E-state index is 10.7. The highest BCUT2D eigenvalue weighted by Gasteiger charge is 2.04. The molecule has 2 aromatic rings. The summed E-state index contributed by atoms with van der Waals surface area (Å²) in [5.41, 5.74) is 6.04. The predicted octanol–water partition coefficient (Wildman–Crippen LogP) is -0.481. The maximum Gasteiger partial charge on any atom is 0.268 e. The highest BCUT2D eigenvalue weighted by molar-refractivity contribution is 5.91. The van der Waals surface area contributed by atoms with Crippen LogP contribution in [0.3, 0.4) is 0 Å². The lowest BCUT2D eigenvalue weighted by Gasteiger charge is -1.95. The van der Waals surface area contributed by atoms with E-state index in [0.29, 0.717) is 11.2 Å². The molecule has 0 unspecified atom stereocenters. The van der Waals surface area contributed by atoms with E-state index in [4.69, 9.17) is 5.73 Å². The van der Waals surface area contributed by atoms with Crippen LogP contribution in [0.25, 0.3) is 11.2 Å². The van der Waals surface area contributed by atoms with Crippen molar-refractivity contribution in [1.29, 1.82) is 0 Å². The first-order chi connectivity index (χ1) is 6.27. The molecule has 0 saturated carbocycles. The van der Waals surface area contributed by atoms with Crippen LogP contribution in [0.2, 0.25) is 0 Å². The molecule has 2 N–H and O–H groups in total. The van der Waals surface area contributed by atoms with Crippen LogP contribution >= 0.6 is 0 Å².